The lowest BCUT2D eigenvalue weighted by Crippen LogP contribution is -2.34. The van der Waals surface area contributed by atoms with Gasteiger partial charge in [-0.25, -0.2) is 0 Å². The van der Waals surface area contributed by atoms with Gasteiger partial charge in [0.1, 0.15) is 0 Å². The number of carbonyl (C=O) groups is 1. The lowest BCUT2D eigenvalue weighted by molar-refractivity contribution is 0.0756. The second-order valence-electron chi connectivity index (χ2n) is 6.18. The van der Waals surface area contributed by atoms with Gasteiger partial charge in [-0.1, -0.05) is 13.8 Å². The van der Waals surface area contributed by atoms with Crippen molar-refractivity contribution in [3.63, 3.8) is 0 Å². The molecule has 1 aromatic carbocycles. The highest BCUT2D eigenvalue weighted by atomic mass is 16.5. The normalized spacial score (nSPS) is 10.8. The Kier molecular flexibility index (Phi) is 6.66. The summed E-state index contributed by atoms with van der Waals surface area (Å²) in [6.07, 6.45) is 3.43. The number of benzene rings is 1. The molecule has 0 unspecified atom stereocenters. The van der Waals surface area contributed by atoms with Gasteiger partial charge in [0.05, 0.1) is 25.2 Å². The van der Waals surface area contributed by atoms with Crippen LogP contribution in [0.5, 0.6) is 11.5 Å². The number of aromatic nitrogens is 1. The maximum atomic E-state index is 13.2. The van der Waals surface area contributed by atoms with Gasteiger partial charge in [0.25, 0.3) is 11.5 Å². The van der Waals surface area contributed by atoms with Crippen LogP contribution in [0.3, 0.4) is 0 Å². The van der Waals surface area contributed by atoms with Crippen LogP contribution >= 0.6 is 0 Å². The Morgan fingerprint density at radius 1 is 1.00 bits per heavy atom. The van der Waals surface area contributed by atoms with Crippen LogP contribution in [0.2, 0.25) is 0 Å². The second-order valence-corrected chi connectivity index (χ2v) is 6.18. The summed E-state index contributed by atoms with van der Waals surface area (Å²) >= 11 is 0. The molecule has 2 rings (SSSR count). The van der Waals surface area contributed by atoms with Gasteiger partial charge in [0.2, 0.25) is 0 Å². The highest BCUT2D eigenvalue weighted by Crippen LogP contribution is 2.32. The molecule has 0 spiro atoms. The third kappa shape index (κ3) is 3.69. The van der Waals surface area contributed by atoms with Crippen molar-refractivity contribution in [3.8, 4) is 11.5 Å². The number of aryl methyl sites for hydroxylation is 1. The average Bonchev–Trinajstić information content (AvgIpc) is 2.66. The zero-order valence-electron chi connectivity index (χ0n) is 16.3. The Hall–Kier alpha value is -2.50. The van der Waals surface area contributed by atoms with E-state index in [1.54, 1.807) is 30.0 Å². The van der Waals surface area contributed by atoms with Crippen LogP contribution in [0.4, 0.5) is 0 Å². The van der Waals surface area contributed by atoms with Gasteiger partial charge in [0.15, 0.2) is 11.5 Å². The summed E-state index contributed by atoms with van der Waals surface area (Å²) < 4.78 is 12.3. The van der Waals surface area contributed by atoms with E-state index in [1.165, 1.54) is 7.11 Å². The molecule has 0 aliphatic carbocycles. The van der Waals surface area contributed by atoms with Gasteiger partial charge in [-0.05, 0) is 31.9 Å². The topological polar surface area (TPSA) is 60.8 Å². The predicted octanol–water partition coefficient (Wildman–Crippen LogP) is 3.30. The first-order valence-electron chi connectivity index (χ1n) is 9.10. The lowest BCUT2D eigenvalue weighted by atomic mass is 10.0. The first kappa shape index (κ1) is 19.8. The number of carbonyl (C=O) groups excluding carboxylic acids is 1. The molecule has 0 bridgehead atoms. The van der Waals surface area contributed by atoms with Crippen molar-refractivity contribution in [3.05, 3.63) is 34.2 Å². The van der Waals surface area contributed by atoms with Crippen molar-refractivity contribution >= 4 is 16.7 Å². The molecule has 1 heterocycles. The van der Waals surface area contributed by atoms with Crippen LogP contribution in [0.25, 0.3) is 10.8 Å². The van der Waals surface area contributed by atoms with Gasteiger partial charge in [-0.3, -0.25) is 9.59 Å². The van der Waals surface area contributed by atoms with Crippen LogP contribution in [0.1, 0.15) is 44.0 Å². The predicted molar refractivity (Wildman–Crippen MR) is 103 cm³/mol. The van der Waals surface area contributed by atoms with Crippen LogP contribution in [-0.2, 0) is 6.54 Å². The molecule has 1 aromatic heterocycles. The van der Waals surface area contributed by atoms with Crippen molar-refractivity contribution < 1.29 is 14.3 Å². The summed E-state index contributed by atoms with van der Waals surface area (Å²) in [5.74, 6) is 0.914. The fourth-order valence-electron chi connectivity index (χ4n) is 3.15. The molecule has 0 radical (unpaired) electrons. The maximum Gasteiger partial charge on any atom is 0.258 e. The minimum Gasteiger partial charge on any atom is -0.493 e. The minimum atomic E-state index is -0.141. The van der Waals surface area contributed by atoms with Crippen molar-refractivity contribution in [1.29, 1.82) is 0 Å². The fourth-order valence-corrected chi connectivity index (χ4v) is 3.15. The minimum absolute atomic E-state index is 0.0619. The summed E-state index contributed by atoms with van der Waals surface area (Å²) in [5, 5.41) is 1.06. The molecule has 6 nitrogen and oxygen atoms in total. The lowest BCUT2D eigenvalue weighted by Gasteiger charge is -2.23. The fraction of sp³-hybridized carbons (Fsp3) is 0.500. The molecule has 0 aliphatic rings. The molecule has 26 heavy (non-hydrogen) atoms. The van der Waals surface area contributed by atoms with E-state index in [1.807, 2.05) is 11.8 Å². The second kappa shape index (κ2) is 8.74. The molecule has 0 aliphatic heterocycles. The summed E-state index contributed by atoms with van der Waals surface area (Å²) in [7, 11) is 3.07. The number of fused-ring (bicyclic) bond motifs is 1. The number of pyridine rings is 1. The Morgan fingerprint density at radius 2 is 1.54 bits per heavy atom. The van der Waals surface area contributed by atoms with E-state index in [9.17, 15) is 9.59 Å². The van der Waals surface area contributed by atoms with Crippen LogP contribution in [-0.4, -0.2) is 42.7 Å². The van der Waals surface area contributed by atoms with E-state index in [0.29, 0.717) is 47.5 Å². The third-order valence-electron chi connectivity index (χ3n) is 4.44. The van der Waals surface area contributed by atoms with Crippen molar-refractivity contribution in [2.24, 2.45) is 0 Å². The number of hydrogen-bond acceptors (Lipinski definition) is 4. The Labute approximate surface area is 154 Å². The number of rotatable bonds is 8. The average molecular weight is 360 g/mol. The summed E-state index contributed by atoms with van der Waals surface area (Å²) in [6, 6.07) is 3.38. The van der Waals surface area contributed by atoms with E-state index in [0.717, 1.165) is 12.8 Å². The van der Waals surface area contributed by atoms with Gasteiger partial charge in [-0.2, -0.15) is 0 Å². The summed E-state index contributed by atoms with van der Waals surface area (Å²) in [6.45, 7) is 7.85. The van der Waals surface area contributed by atoms with Crippen molar-refractivity contribution in [1.82, 2.24) is 9.47 Å². The molecular formula is C20H28N2O4. The summed E-state index contributed by atoms with van der Waals surface area (Å²) in [4.78, 5) is 27.8. The molecule has 0 N–H and O–H groups in total. The molecule has 0 saturated carbocycles. The molecule has 2 aromatic rings. The van der Waals surface area contributed by atoms with Gasteiger partial charge < -0.3 is 18.9 Å². The molecule has 6 heteroatoms. The standard InChI is InChI=1S/C20H28N2O4/c1-6-9-22(10-7-2)20(24)16-13-21(8-3)19(23)15-12-18(26-5)17(25-4)11-14(15)16/h11-13H,6-10H2,1-5H3. The summed E-state index contributed by atoms with van der Waals surface area (Å²) in [5.41, 5.74) is 0.377. The monoisotopic (exact) mass is 360 g/mol. The largest absolute Gasteiger partial charge is 0.493 e. The van der Waals surface area contributed by atoms with Gasteiger partial charge >= 0.3 is 0 Å². The van der Waals surface area contributed by atoms with Crippen LogP contribution < -0.4 is 15.0 Å². The molecule has 0 fully saturated rings. The van der Waals surface area contributed by atoms with Crippen LogP contribution in [0.15, 0.2) is 23.1 Å². The molecule has 142 valence electrons. The van der Waals surface area contributed by atoms with Gasteiger partial charge in [-0.15, -0.1) is 0 Å². The maximum absolute atomic E-state index is 13.2. The first-order valence-corrected chi connectivity index (χ1v) is 9.10. The third-order valence-corrected chi connectivity index (χ3v) is 4.44. The Bertz CT molecular complexity index is 836. The zero-order valence-corrected chi connectivity index (χ0v) is 16.3. The van der Waals surface area contributed by atoms with E-state index < -0.39 is 0 Å². The van der Waals surface area contributed by atoms with Crippen molar-refractivity contribution in [2.45, 2.75) is 40.2 Å². The van der Waals surface area contributed by atoms with E-state index in [-0.39, 0.29) is 11.5 Å². The Balaban J connectivity index is 2.76. The van der Waals surface area contributed by atoms with Gasteiger partial charge in [0, 0.05) is 31.2 Å². The first-order chi connectivity index (χ1) is 12.5. The smallest absolute Gasteiger partial charge is 0.258 e. The van der Waals surface area contributed by atoms with E-state index >= 15 is 0 Å². The molecule has 0 atom stereocenters. The van der Waals surface area contributed by atoms with E-state index in [2.05, 4.69) is 13.8 Å². The molecular weight excluding hydrogens is 332 g/mol. The zero-order chi connectivity index (χ0) is 19.3. The highest BCUT2D eigenvalue weighted by molar-refractivity contribution is 6.07. The van der Waals surface area contributed by atoms with E-state index in [4.69, 9.17) is 9.47 Å². The number of ether oxygens (including phenoxy) is 2. The highest BCUT2D eigenvalue weighted by Gasteiger charge is 2.21. The molecule has 0 saturated heterocycles. The van der Waals surface area contributed by atoms with Crippen LogP contribution in [0, 0.1) is 0 Å². The number of methoxy groups -OCH3 is 2. The number of nitrogens with zero attached hydrogens (tertiary/aromatic N) is 2. The number of hydrogen-bond donors (Lipinski definition) is 0. The number of amides is 1. The molecule has 1 amide bonds. The quantitative estimate of drug-likeness (QED) is 0.725. The van der Waals surface area contributed by atoms with Crippen molar-refractivity contribution in [2.75, 3.05) is 27.3 Å². The SMILES string of the molecule is CCCN(CCC)C(=O)c1cn(CC)c(=O)c2cc(OC)c(OC)cc12. The Morgan fingerprint density at radius 3 is 2.00 bits per heavy atom.